The molecule has 0 spiro atoms. The molecule has 8 nitrogen and oxygen atoms in total. The number of unbranched alkanes of at least 4 members (excludes halogenated alkanes) is 1. The van der Waals surface area contributed by atoms with Gasteiger partial charge in [0.1, 0.15) is 0 Å². The highest BCUT2D eigenvalue weighted by Crippen LogP contribution is 2.25. The monoisotopic (exact) mass is 424 g/mol. The fraction of sp³-hybridized carbons (Fsp3) is 0.444. The number of carbonyl (C=O) groups excluding carboxylic acids is 2. The Morgan fingerprint density at radius 2 is 1.96 bits per heavy atom. The van der Waals surface area contributed by atoms with Crippen LogP contribution in [0.15, 0.2) is 28.6 Å². The van der Waals surface area contributed by atoms with Gasteiger partial charge in [-0.25, -0.2) is 4.79 Å². The highest BCUT2D eigenvalue weighted by molar-refractivity contribution is 8.01. The Bertz CT molecular complexity index is 752. The first-order chi connectivity index (χ1) is 13.6. The zero-order chi connectivity index (χ0) is 20.2. The minimum atomic E-state index is -0.354. The number of hydrogen-bond donors (Lipinski definition) is 2. The first-order valence-corrected chi connectivity index (χ1v) is 10.7. The fourth-order valence-electron chi connectivity index (χ4n) is 2.01. The summed E-state index contributed by atoms with van der Waals surface area (Å²) in [4.78, 5) is 24.0. The van der Waals surface area contributed by atoms with E-state index in [-0.39, 0.29) is 17.6 Å². The standard InChI is InChI=1S/C18H24N4O4S2/c1-3-4-10-26-16(24)13-5-7-14(8-6-13)20-15(23)12-27-18-22-21-17(28-18)19-9-11-25-2/h5-8H,3-4,9-12H2,1-2H3,(H,19,21)(H,20,23). The smallest absolute Gasteiger partial charge is 0.338 e. The molecule has 28 heavy (non-hydrogen) atoms. The highest BCUT2D eigenvalue weighted by Gasteiger charge is 2.10. The molecule has 0 aliphatic rings. The summed E-state index contributed by atoms with van der Waals surface area (Å²) in [7, 11) is 1.63. The first kappa shape index (κ1) is 22.1. The molecule has 0 aliphatic heterocycles. The number of anilines is 2. The number of nitrogens with one attached hydrogen (secondary N) is 2. The van der Waals surface area contributed by atoms with Gasteiger partial charge < -0.3 is 20.1 Å². The van der Waals surface area contributed by atoms with E-state index in [0.29, 0.717) is 40.5 Å². The number of carbonyl (C=O) groups is 2. The van der Waals surface area contributed by atoms with E-state index in [4.69, 9.17) is 9.47 Å². The zero-order valence-electron chi connectivity index (χ0n) is 15.9. The van der Waals surface area contributed by atoms with Gasteiger partial charge in [-0.2, -0.15) is 0 Å². The molecule has 1 heterocycles. The zero-order valence-corrected chi connectivity index (χ0v) is 17.5. The van der Waals surface area contributed by atoms with Crippen molar-refractivity contribution in [3.05, 3.63) is 29.8 Å². The van der Waals surface area contributed by atoms with Crippen LogP contribution in [0.2, 0.25) is 0 Å². The number of methoxy groups -OCH3 is 1. The predicted molar refractivity (Wildman–Crippen MR) is 111 cm³/mol. The van der Waals surface area contributed by atoms with Crippen molar-refractivity contribution in [2.75, 3.05) is 43.3 Å². The number of ether oxygens (including phenoxy) is 2. The van der Waals surface area contributed by atoms with E-state index in [2.05, 4.69) is 20.8 Å². The number of hydrogen-bond acceptors (Lipinski definition) is 9. The third kappa shape index (κ3) is 7.83. The van der Waals surface area contributed by atoms with E-state index in [1.54, 1.807) is 31.4 Å². The molecule has 10 heteroatoms. The molecule has 0 bridgehead atoms. The van der Waals surface area contributed by atoms with E-state index in [1.165, 1.54) is 23.1 Å². The summed E-state index contributed by atoms with van der Waals surface area (Å²) < 4.78 is 10.8. The lowest BCUT2D eigenvalue weighted by Crippen LogP contribution is -2.14. The Balaban J connectivity index is 1.74. The van der Waals surface area contributed by atoms with Crippen LogP contribution in [0.1, 0.15) is 30.1 Å². The molecule has 1 aromatic carbocycles. The summed E-state index contributed by atoms with van der Waals surface area (Å²) in [5.74, 6) is -0.298. The molecule has 0 fully saturated rings. The summed E-state index contributed by atoms with van der Waals surface area (Å²) in [6.07, 6.45) is 1.82. The Morgan fingerprint density at radius 1 is 1.18 bits per heavy atom. The number of thioether (sulfide) groups is 1. The van der Waals surface area contributed by atoms with Crippen LogP contribution in [-0.4, -0.2) is 54.7 Å². The molecule has 2 aromatic rings. The number of nitrogens with zero attached hydrogens (tertiary/aromatic N) is 2. The number of esters is 1. The number of amides is 1. The van der Waals surface area contributed by atoms with Gasteiger partial charge in [0, 0.05) is 19.3 Å². The van der Waals surface area contributed by atoms with Crippen LogP contribution in [0.4, 0.5) is 10.8 Å². The summed E-state index contributed by atoms with van der Waals surface area (Å²) >= 11 is 2.70. The lowest BCUT2D eigenvalue weighted by Gasteiger charge is -2.06. The van der Waals surface area contributed by atoms with Crippen molar-refractivity contribution in [1.29, 1.82) is 0 Å². The molecule has 0 radical (unpaired) electrons. The van der Waals surface area contributed by atoms with Crippen LogP contribution < -0.4 is 10.6 Å². The molecular formula is C18H24N4O4S2. The van der Waals surface area contributed by atoms with Crippen LogP contribution in [0.3, 0.4) is 0 Å². The van der Waals surface area contributed by atoms with Gasteiger partial charge in [0.2, 0.25) is 11.0 Å². The third-order valence-electron chi connectivity index (χ3n) is 3.45. The quantitative estimate of drug-likeness (QED) is 0.304. The number of rotatable bonds is 12. The van der Waals surface area contributed by atoms with E-state index < -0.39 is 0 Å². The molecule has 1 aromatic heterocycles. The number of aromatic nitrogens is 2. The second-order valence-electron chi connectivity index (χ2n) is 5.70. The maximum Gasteiger partial charge on any atom is 0.338 e. The Labute approximate surface area is 172 Å². The summed E-state index contributed by atoms with van der Waals surface area (Å²) in [5.41, 5.74) is 1.08. The molecule has 0 saturated heterocycles. The van der Waals surface area contributed by atoms with Crippen LogP contribution in [0.5, 0.6) is 0 Å². The van der Waals surface area contributed by atoms with Gasteiger partial charge in [-0.3, -0.25) is 4.79 Å². The largest absolute Gasteiger partial charge is 0.462 e. The minimum absolute atomic E-state index is 0.160. The Kier molecular flexibility index (Phi) is 9.73. The predicted octanol–water partition coefficient (Wildman–Crippen LogP) is 3.28. The van der Waals surface area contributed by atoms with Gasteiger partial charge in [0.05, 0.1) is 24.5 Å². The Hall–Kier alpha value is -2.17. The molecule has 0 atom stereocenters. The van der Waals surface area contributed by atoms with E-state index in [9.17, 15) is 9.59 Å². The van der Waals surface area contributed by atoms with Gasteiger partial charge in [-0.05, 0) is 30.7 Å². The topological polar surface area (TPSA) is 102 Å². The lowest BCUT2D eigenvalue weighted by molar-refractivity contribution is -0.113. The van der Waals surface area contributed by atoms with Crippen molar-refractivity contribution in [3.63, 3.8) is 0 Å². The van der Waals surface area contributed by atoms with Crippen molar-refractivity contribution < 1.29 is 19.1 Å². The summed E-state index contributed by atoms with van der Waals surface area (Å²) in [6, 6.07) is 6.64. The van der Waals surface area contributed by atoms with Crippen molar-refractivity contribution in [1.82, 2.24) is 10.2 Å². The van der Waals surface area contributed by atoms with Gasteiger partial charge in [-0.15, -0.1) is 10.2 Å². The van der Waals surface area contributed by atoms with E-state index in [0.717, 1.165) is 12.8 Å². The third-order valence-corrected chi connectivity index (χ3v) is 5.47. The SMILES string of the molecule is CCCCOC(=O)c1ccc(NC(=O)CSc2nnc(NCCOC)s2)cc1. The lowest BCUT2D eigenvalue weighted by atomic mass is 10.2. The molecular weight excluding hydrogens is 400 g/mol. The van der Waals surface area contributed by atoms with E-state index in [1.807, 2.05) is 6.92 Å². The van der Waals surface area contributed by atoms with Crippen molar-refractivity contribution in [3.8, 4) is 0 Å². The van der Waals surface area contributed by atoms with Gasteiger partial charge in [0.15, 0.2) is 4.34 Å². The summed E-state index contributed by atoms with van der Waals surface area (Å²) in [6.45, 7) is 3.69. The van der Waals surface area contributed by atoms with Gasteiger partial charge >= 0.3 is 5.97 Å². The van der Waals surface area contributed by atoms with Crippen molar-refractivity contribution >= 4 is 45.8 Å². The average Bonchev–Trinajstić information content (AvgIpc) is 3.15. The second-order valence-corrected chi connectivity index (χ2v) is 7.90. The normalized spacial score (nSPS) is 10.5. The van der Waals surface area contributed by atoms with Crippen molar-refractivity contribution in [2.45, 2.75) is 24.1 Å². The fourth-order valence-corrected chi connectivity index (χ4v) is 3.58. The minimum Gasteiger partial charge on any atom is -0.462 e. The van der Waals surface area contributed by atoms with E-state index >= 15 is 0 Å². The maximum absolute atomic E-state index is 12.1. The summed E-state index contributed by atoms with van der Waals surface area (Å²) in [5, 5.41) is 14.6. The van der Waals surface area contributed by atoms with Crippen LogP contribution in [0, 0.1) is 0 Å². The molecule has 1 amide bonds. The average molecular weight is 425 g/mol. The van der Waals surface area contributed by atoms with Crippen LogP contribution in [0.25, 0.3) is 0 Å². The molecule has 152 valence electrons. The van der Waals surface area contributed by atoms with Crippen LogP contribution >= 0.6 is 23.1 Å². The molecule has 0 unspecified atom stereocenters. The van der Waals surface area contributed by atoms with Crippen LogP contribution in [-0.2, 0) is 14.3 Å². The molecule has 0 saturated carbocycles. The molecule has 2 rings (SSSR count). The maximum atomic E-state index is 12.1. The Morgan fingerprint density at radius 3 is 2.68 bits per heavy atom. The molecule has 2 N–H and O–H groups in total. The van der Waals surface area contributed by atoms with Gasteiger partial charge in [0.25, 0.3) is 0 Å². The van der Waals surface area contributed by atoms with Gasteiger partial charge in [-0.1, -0.05) is 36.4 Å². The molecule has 0 aliphatic carbocycles. The number of benzene rings is 1. The first-order valence-electron chi connectivity index (χ1n) is 8.88. The highest BCUT2D eigenvalue weighted by atomic mass is 32.2. The van der Waals surface area contributed by atoms with Crippen molar-refractivity contribution in [2.24, 2.45) is 0 Å². The second kappa shape index (κ2) is 12.3.